The first-order chi connectivity index (χ1) is 5.46. The van der Waals surface area contributed by atoms with Crippen LogP contribution in [0.5, 0.6) is 0 Å². The van der Waals surface area contributed by atoms with Gasteiger partial charge in [-0.3, -0.25) is 4.68 Å². The summed E-state index contributed by atoms with van der Waals surface area (Å²) in [6.07, 6.45) is 1.08. The zero-order chi connectivity index (χ0) is 8.98. The number of hydrogen-bond donors (Lipinski definition) is 1. The highest BCUT2D eigenvalue weighted by Crippen LogP contribution is 2.56. The van der Waals surface area contributed by atoms with E-state index in [2.05, 4.69) is 10.3 Å². The minimum Gasteiger partial charge on any atom is -0.315 e. The van der Waals surface area contributed by atoms with Gasteiger partial charge in [-0.15, -0.1) is 5.10 Å². The van der Waals surface area contributed by atoms with Crippen molar-refractivity contribution < 1.29 is 8.78 Å². The Kier molecular flexibility index (Phi) is 1.15. The van der Waals surface area contributed by atoms with Gasteiger partial charge in [-0.1, -0.05) is 5.21 Å². The van der Waals surface area contributed by atoms with Gasteiger partial charge in [-0.25, -0.2) is 8.78 Å². The first-order valence-electron chi connectivity index (χ1n) is 3.49. The predicted octanol–water partition coefficient (Wildman–Crippen LogP) is 0.00810. The number of alkyl halides is 2. The maximum Gasteiger partial charge on any atom is 0.274 e. The Morgan fingerprint density at radius 3 is 2.58 bits per heavy atom. The van der Waals surface area contributed by atoms with E-state index in [9.17, 15) is 8.78 Å². The van der Waals surface area contributed by atoms with Crippen LogP contribution in [0.1, 0.15) is 12.1 Å². The molecule has 1 saturated carbocycles. The van der Waals surface area contributed by atoms with Crippen LogP contribution in [-0.2, 0) is 12.6 Å². The van der Waals surface area contributed by atoms with Crippen LogP contribution < -0.4 is 5.73 Å². The fourth-order valence-electron chi connectivity index (χ4n) is 1.14. The van der Waals surface area contributed by atoms with Gasteiger partial charge in [-0.05, 0) is 0 Å². The second kappa shape index (κ2) is 1.82. The normalized spacial score (nSPS) is 32.0. The second-order valence-corrected chi connectivity index (χ2v) is 3.13. The highest BCUT2D eigenvalue weighted by molar-refractivity contribution is 5.27. The molecule has 0 amide bonds. The highest BCUT2D eigenvalue weighted by Gasteiger charge is 2.71. The van der Waals surface area contributed by atoms with Crippen LogP contribution in [0.25, 0.3) is 0 Å². The van der Waals surface area contributed by atoms with E-state index in [0.29, 0.717) is 0 Å². The van der Waals surface area contributed by atoms with E-state index < -0.39 is 11.5 Å². The number of halogens is 2. The van der Waals surface area contributed by atoms with Crippen molar-refractivity contribution in [1.82, 2.24) is 15.0 Å². The molecule has 1 fully saturated rings. The van der Waals surface area contributed by atoms with Gasteiger partial charge < -0.3 is 5.73 Å². The van der Waals surface area contributed by atoms with Gasteiger partial charge in [-0.2, -0.15) is 0 Å². The Balaban J connectivity index is 2.34. The van der Waals surface area contributed by atoms with Crippen molar-refractivity contribution >= 4 is 0 Å². The quantitative estimate of drug-likeness (QED) is 0.652. The Morgan fingerprint density at radius 2 is 2.25 bits per heavy atom. The van der Waals surface area contributed by atoms with Crippen LogP contribution in [0, 0.1) is 0 Å². The van der Waals surface area contributed by atoms with Crippen LogP contribution in [0.2, 0.25) is 0 Å². The van der Waals surface area contributed by atoms with Crippen LogP contribution in [-0.4, -0.2) is 20.9 Å². The third-order valence-electron chi connectivity index (χ3n) is 2.09. The number of rotatable bonds is 1. The topological polar surface area (TPSA) is 56.7 Å². The molecule has 0 radical (unpaired) electrons. The molecule has 1 aromatic rings. The molecule has 0 aromatic carbocycles. The molecule has 6 heteroatoms. The summed E-state index contributed by atoms with van der Waals surface area (Å²) in [5.41, 5.74) is 3.99. The lowest BCUT2D eigenvalue weighted by molar-refractivity contribution is 0.0881. The molecule has 0 saturated heterocycles. The second-order valence-electron chi connectivity index (χ2n) is 3.13. The summed E-state index contributed by atoms with van der Waals surface area (Å²) < 4.78 is 26.7. The molecule has 0 spiro atoms. The van der Waals surface area contributed by atoms with Gasteiger partial charge in [0.05, 0.1) is 6.20 Å². The van der Waals surface area contributed by atoms with E-state index >= 15 is 0 Å². The molecule has 1 heterocycles. The lowest BCUT2D eigenvalue weighted by atomic mass is 10.2. The maximum absolute atomic E-state index is 12.7. The van der Waals surface area contributed by atoms with Crippen molar-refractivity contribution in [3.8, 4) is 0 Å². The summed E-state index contributed by atoms with van der Waals surface area (Å²) >= 11 is 0. The van der Waals surface area contributed by atoms with Crippen molar-refractivity contribution in [1.29, 1.82) is 0 Å². The zero-order valence-corrected chi connectivity index (χ0v) is 6.46. The number of nitrogens with two attached hydrogens (primary N) is 1. The molecule has 0 bridgehead atoms. The molecule has 66 valence electrons. The standard InChI is InChI=1S/C6H8F2N4/c1-12-2-4(10-11-12)5(9)3-6(5,7)8/h2H,3,9H2,1H3. The lowest BCUT2D eigenvalue weighted by Crippen LogP contribution is -2.27. The average molecular weight is 174 g/mol. The molecule has 4 nitrogen and oxygen atoms in total. The zero-order valence-electron chi connectivity index (χ0n) is 6.46. The summed E-state index contributed by atoms with van der Waals surface area (Å²) in [6.45, 7) is 0. The van der Waals surface area contributed by atoms with E-state index in [0.717, 1.165) is 0 Å². The average Bonchev–Trinajstić information content (AvgIpc) is 2.37. The molecule has 1 aliphatic rings. The van der Waals surface area contributed by atoms with E-state index in [1.807, 2.05) is 0 Å². The molecular weight excluding hydrogens is 166 g/mol. The Labute approximate surface area is 67.4 Å². The molecule has 1 unspecified atom stereocenters. The van der Waals surface area contributed by atoms with Crippen LogP contribution in [0.15, 0.2) is 6.20 Å². The number of aryl methyl sites for hydroxylation is 1. The van der Waals surface area contributed by atoms with Gasteiger partial charge in [0.1, 0.15) is 11.2 Å². The van der Waals surface area contributed by atoms with Gasteiger partial charge in [0.2, 0.25) is 0 Å². The van der Waals surface area contributed by atoms with Gasteiger partial charge in [0, 0.05) is 13.5 Å². The molecule has 12 heavy (non-hydrogen) atoms. The summed E-state index contributed by atoms with van der Waals surface area (Å²) in [7, 11) is 1.61. The first-order valence-corrected chi connectivity index (χ1v) is 3.49. The summed E-state index contributed by atoms with van der Waals surface area (Å²) in [6, 6.07) is 0. The first kappa shape index (κ1) is 7.60. The number of nitrogens with zero attached hydrogens (tertiary/aromatic N) is 3. The van der Waals surface area contributed by atoms with E-state index in [-0.39, 0.29) is 12.1 Å². The van der Waals surface area contributed by atoms with E-state index in [4.69, 9.17) is 5.73 Å². The Bertz CT molecular complexity index is 321. The summed E-state index contributed by atoms with van der Waals surface area (Å²) in [5.74, 6) is -2.82. The molecule has 1 atom stereocenters. The molecule has 2 rings (SSSR count). The third-order valence-corrected chi connectivity index (χ3v) is 2.09. The summed E-state index contributed by atoms with van der Waals surface area (Å²) in [5, 5.41) is 7.10. The lowest BCUT2D eigenvalue weighted by Gasteiger charge is -2.03. The smallest absolute Gasteiger partial charge is 0.274 e. The van der Waals surface area contributed by atoms with E-state index in [1.165, 1.54) is 10.9 Å². The molecule has 2 N–H and O–H groups in total. The van der Waals surface area contributed by atoms with Crippen LogP contribution in [0.4, 0.5) is 8.78 Å². The molecule has 1 aliphatic carbocycles. The highest BCUT2D eigenvalue weighted by atomic mass is 19.3. The van der Waals surface area contributed by atoms with E-state index in [1.54, 1.807) is 7.05 Å². The third kappa shape index (κ3) is 0.781. The fraction of sp³-hybridized carbons (Fsp3) is 0.667. The Hall–Kier alpha value is -1.04. The van der Waals surface area contributed by atoms with Crippen molar-refractivity contribution in [3.63, 3.8) is 0 Å². The van der Waals surface area contributed by atoms with Gasteiger partial charge in [0.25, 0.3) is 5.92 Å². The van der Waals surface area contributed by atoms with Crippen LogP contribution in [0.3, 0.4) is 0 Å². The Morgan fingerprint density at radius 1 is 1.67 bits per heavy atom. The molecule has 0 aliphatic heterocycles. The minimum absolute atomic E-state index is 0.162. The minimum atomic E-state index is -2.82. The van der Waals surface area contributed by atoms with Crippen molar-refractivity contribution in [2.75, 3.05) is 0 Å². The van der Waals surface area contributed by atoms with Crippen LogP contribution >= 0.6 is 0 Å². The van der Waals surface area contributed by atoms with Crippen molar-refractivity contribution in [2.24, 2.45) is 12.8 Å². The van der Waals surface area contributed by atoms with Gasteiger partial charge >= 0.3 is 0 Å². The SMILES string of the molecule is Cn1cc(C2(N)CC2(F)F)nn1. The predicted molar refractivity (Wildman–Crippen MR) is 36.4 cm³/mol. The van der Waals surface area contributed by atoms with Crippen molar-refractivity contribution in [3.05, 3.63) is 11.9 Å². The van der Waals surface area contributed by atoms with Crippen molar-refractivity contribution in [2.45, 2.75) is 17.9 Å². The van der Waals surface area contributed by atoms with Gasteiger partial charge in [0.15, 0.2) is 0 Å². The number of hydrogen-bond acceptors (Lipinski definition) is 3. The number of aromatic nitrogens is 3. The largest absolute Gasteiger partial charge is 0.315 e. The molecule has 1 aromatic heterocycles. The fourth-order valence-corrected chi connectivity index (χ4v) is 1.14. The monoisotopic (exact) mass is 174 g/mol. The molecular formula is C6H8F2N4. The maximum atomic E-state index is 12.7. The summed E-state index contributed by atoms with van der Waals surface area (Å²) in [4.78, 5) is 0.